The molecule has 2 N–H and O–H groups in total. The van der Waals surface area contributed by atoms with Gasteiger partial charge >= 0.3 is 0 Å². The lowest BCUT2D eigenvalue weighted by molar-refractivity contribution is 0.571. The highest BCUT2D eigenvalue weighted by atomic mass is 32.2. The van der Waals surface area contributed by atoms with Crippen molar-refractivity contribution in [2.24, 2.45) is 0 Å². The molecule has 0 atom stereocenters. The molecule has 1 aromatic heterocycles. The van der Waals surface area contributed by atoms with Crippen LogP contribution in [0.1, 0.15) is 25.8 Å². The lowest BCUT2D eigenvalue weighted by Crippen LogP contribution is -2.26. The van der Waals surface area contributed by atoms with E-state index in [0.717, 1.165) is 5.56 Å². The Morgan fingerprint density at radius 1 is 1.39 bits per heavy atom. The van der Waals surface area contributed by atoms with Crippen molar-refractivity contribution >= 4 is 15.7 Å². The molecule has 18 heavy (non-hydrogen) atoms. The summed E-state index contributed by atoms with van der Waals surface area (Å²) in [4.78, 5) is 3.92. The zero-order chi connectivity index (χ0) is 13.6. The van der Waals surface area contributed by atoms with Gasteiger partial charge in [-0.3, -0.25) is 9.71 Å². The van der Waals surface area contributed by atoms with Gasteiger partial charge in [-0.2, -0.15) is 0 Å². The fraction of sp³-hybridized carbons (Fsp3) is 0.583. The Hall–Kier alpha value is -1.14. The molecule has 0 aliphatic rings. The molecule has 0 aliphatic heterocycles. The van der Waals surface area contributed by atoms with Crippen LogP contribution < -0.4 is 10.0 Å². The van der Waals surface area contributed by atoms with Crippen LogP contribution in [0, 0.1) is 6.92 Å². The first kappa shape index (κ1) is 14.9. The van der Waals surface area contributed by atoms with Crippen LogP contribution in [-0.2, 0) is 10.0 Å². The molecule has 5 nitrogen and oxygen atoms in total. The first-order chi connectivity index (χ1) is 8.41. The van der Waals surface area contributed by atoms with E-state index in [1.54, 1.807) is 18.5 Å². The van der Waals surface area contributed by atoms with Crippen molar-refractivity contribution in [2.45, 2.75) is 33.2 Å². The van der Waals surface area contributed by atoms with Crippen molar-refractivity contribution in [3.63, 3.8) is 0 Å². The predicted octanol–water partition coefficient (Wildman–Crippen LogP) is 1.52. The number of rotatable bonds is 7. The molecule has 0 aromatic carbocycles. The molecule has 0 saturated carbocycles. The third-order valence-electron chi connectivity index (χ3n) is 2.43. The number of hydrogen-bond acceptors (Lipinski definition) is 4. The molecule has 1 rings (SSSR count). The van der Waals surface area contributed by atoms with Gasteiger partial charge < -0.3 is 5.32 Å². The summed E-state index contributed by atoms with van der Waals surface area (Å²) in [6.45, 7) is 6.60. The molecule has 1 heterocycles. The minimum absolute atomic E-state index is 0.120. The monoisotopic (exact) mass is 271 g/mol. The standard InChI is InChI=1S/C12H21N3O2S/c1-10(2)14-6-4-8-18(16,17)15-12-5-7-13-9-11(12)3/h5,7,9-10,14H,4,6,8H2,1-3H3,(H,13,15). The van der Waals surface area contributed by atoms with Crippen LogP contribution in [0.25, 0.3) is 0 Å². The largest absolute Gasteiger partial charge is 0.314 e. The molecule has 102 valence electrons. The molecule has 0 saturated heterocycles. The van der Waals surface area contributed by atoms with Crippen LogP contribution in [0.4, 0.5) is 5.69 Å². The molecule has 0 fully saturated rings. The molecule has 0 amide bonds. The maximum absolute atomic E-state index is 11.8. The minimum Gasteiger partial charge on any atom is -0.314 e. The van der Waals surface area contributed by atoms with E-state index in [1.165, 1.54) is 0 Å². The van der Waals surface area contributed by atoms with E-state index in [9.17, 15) is 8.42 Å². The summed E-state index contributed by atoms with van der Waals surface area (Å²) < 4.78 is 26.3. The van der Waals surface area contributed by atoms with Crippen LogP contribution >= 0.6 is 0 Å². The normalized spacial score (nSPS) is 11.8. The van der Waals surface area contributed by atoms with Gasteiger partial charge in [-0.05, 0) is 31.5 Å². The first-order valence-electron chi connectivity index (χ1n) is 6.05. The van der Waals surface area contributed by atoms with Crippen LogP contribution in [0.5, 0.6) is 0 Å². The van der Waals surface area contributed by atoms with Crippen molar-refractivity contribution in [3.8, 4) is 0 Å². The van der Waals surface area contributed by atoms with Crippen LogP contribution in [-0.4, -0.2) is 31.7 Å². The molecule has 0 bridgehead atoms. The molecular formula is C12H21N3O2S. The number of nitrogens with one attached hydrogen (secondary N) is 2. The van der Waals surface area contributed by atoms with Crippen LogP contribution in [0.15, 0.2) is 18.5 Å². The van der Waals surface area contributed by atoms with Gasteiger partial charge in [0.1, 0.15) is 0 Å². The van der Waals surface area contributed by atoms with Crippen LogP contribution in [0.2, 0.25) is 0 Å². The topological polar surface area (TPSA) is 71.1 Å². The van der Waals surface area contributed by atoms with E-state index in [-0.39, 0.29) is 5.75 Å². The maximum atomic E-state index is 11.8. The second-order valence-electron chi connectivity index (χ2n) is 4.57. The fourth-order valence-electron chi connectivity index (χ4n) is 1.46. The number of hydrogen-bond donors (Lipinski definition) is 2. The van der Waals surface area contributed by atoms with E-state index in [1.807, 2.05) is 20.8 Å². The summed E-state index contributed by atoms with van der Waals surface area (Å²) in [6.07, 6.45) is 3.81. The molecule has 0 spiro atoms. The molecule has 0 radical (unpaired) electrons. The SMILES string of the molecule is Cc1cnccc1NS(=O)(=O)CCCNC(C)C. The average molecular weight is 271 g/mol. The Balaban J connectivity index is 2.48. The summed E-state index contributed by atoms with van der Waals surface area (Å²) in [5.74, 6) is 0.120. The van der Waals surface area contributed by atoms with Gasteiger partial charge in [0, 0.05) is 18.4 Å². The number of sulfonamides is 1. The van der Waals surface area contributed by atoms with Gasteiger partial charge in [0.05, 0.1) is 11.4 Å². The van der Waals surface area contributed by atoms with E-state index >= 15 is 0 Å². The van der Waals surface area contributed by atoms with Gasteiger partial charge in [0.2, 0.25) is 10.0 Å². The smallest absolute Gasteiger partial charge is 0.232 e. The van der Waals surface area contributed by atoms with Crippen molar-refractivity contribution in [1.29, 1.82) is 0 Å². The Morgan fingerprint density at radius 2 is 2.11 bits per heavy atom. The summed E-state index contributed by atoms with van der Waals surface area (Å²) in [5.41, 5.74) is 1.42. The molecule has 1 aromatic rings. The second kappa shape index (κ2) is 6.70. The van der Waals surface area contributed by atoms with Crippen molar-refractivity contribution in [3.05, 3.63) is 24.0 Å². The third kappa shape index (κ3) is 5.46. The second-order valence-corrected chi connectivity index (χ2v) is 6.42. The summed E-state index contributed by atoms with van der Waals surface area (Å²) in [5, 5.41) is 3.19. The van der Waals surface area contributed by atoms with Gasteiger partial charge in [-0.25, -0.2) is 8.42 Å². The van der Waals surface area contributed by atoms with Crippen molar-refractivity contribution < 1.29 is 8.42 Å². The maximum Gasteiger partial charge on any atom is 0.232 e. The number of nitrogens with zero attached hydrogens (tertiary/aromatic N) is 1. The Bertz CT molecular complexity index is 472. The Kier molecular flexibility index (Phi) is 5.55. The first-order valence-corrected chi connectivity index (χ1v) is 7.70. The van der Waals surface area contributed by atoms with Gasteiger partial charge in [0.25, 0.3) is 0 Å². The average Bonchev–Trinajstić information content (AvgIpc) is 2.27. The number of aryl methyl sites for hydroxylation is 1. The fourth-order valence-corrected chi connectivity index (χ4v) is 2.65. The van der Waals surface area contributed by atoms with E-state index in [2.05, 4.69) is 15.0 Å². The van der Waals surface area contributed by atoms with Crippen LogP contribution in [0.3, 0.4) is 0 Å². The van der Waals surface area contributed by atoms with E-state index in [4.69, 9.17) is 0 Å². The van der Waals surface area contributed by atoms with Crippen molar-refractivity contribution in [2.75, 3.05) is 17.0 Å². The highest BCUT2D eigenvalue weighted by molar-refractivity contribution is 7.92. The lowest BCUT2D eigenvalue weighted by atomic mass is 10.3. The summed E-state index contributed by atoms with van der Waals surface area (Å²) >= 11 is 0. The molecule has 6 heteroatoms. The lowest BCUT2D eigenvalue weighted by Gasteiger charge is -2.11. The minimum atomic E-state index is -3.27. The molecule has 0 unspecified atom stereocenters. The predicted molar refractivity (Wildman–Crippen MR) is 74.1 cm³/mol. The quantitative estimate of drug-likeness (QED) is 0.738. The molecular weight excluding hydrogens is 250 g/mol. The highest BCUT2D eigenvalue weighted by Gasteiger charge is 2.11. The van der Waals surface area contributed by atoms with E-state index in [0.29, 0.717) is 24.7 Å². The Morgan fingerprint density at radius 3 is 2.72 bits per heavy atom. The zero-order valence-corrected chi connectivity index (χ0v) is 11.9. The number of aromatic nitrogens is 1. The Labute approximate surface area is 109 Å². The van der Waals surface area contributed by atoms with E-state index < -0.39 is 10.0 Å². The van der Waals surface area contributed by atoms with Gasteiger partial charge in [0.15, 0.2) is 0 Å². The van der Waals surface area contributed by atoms with Gasteiger partial charge in [-0.1, -0.05) is 13.8 Å². The summed E-state index contributed by atoms with van der Waals surface area (Å²) in [7, 11) is -3.27. The molecule has 0 aliphatic carbocycles. The zero-order valence-electron chi connectivity index (χ0n) is 11.1. The summed E-state index contributed by atoms with van der Waals surface area (Å²) in [6, 6.07) is 2.04. The number of pyridine rings is 1. The highest BCUT2D eigenvalue weighted by Crippen LogP contribution is 2.13. The van der Waals surface area contributed by atoms with Gasteiger partial charge in [-0.15, -0.1) is 0 Å². The third-order valence-corrected chi connectivity index (χ3v) is 3.79. The number of anilines is 1. The van der Waals surface area contributed by atoms with Crippen molar-refractivity contribution in [1.82, 2.24) is 10.3 Å².